The first kappa shape index (κ1) is 11.5. The number of primary amides is 1. The zero-order valence-corrected chi connectivity index (χ0v) is 7.68. The maximum atomic E-state index is 11.0. The molecule has 5 nitrogen and oxygen atoms in total. The summed E-state index contributed by atoms with van der Waals surface area (Å²) in [7, 11) is 0. The molecule has 72 valence electrons. The van der Waals surface area contributed by atoms with Gasteiger partial charge in [-0.25, -0.2) is 4.79 Å². The third kappa shape index (κ3) is 5.70. The summed E-state index contributed by atoms with van der Waals surface area (Å²) >= 11 is 0. The van der Waals surface area contributed by atoms with Crippen LogP contribution in [0.1, 0.15) is 13.8 Å². The summed E-state index contributed by atoms with van der Waals surface area (Å²) < 4.78 is 0. The van der Waals surface area contributed by atoms with Gasteiger partial charge >= 0.3 is 6.03 Å². The molecule has 0 spiro atoms. The van der Waals surface area contributed by atoms with E-state index >= 15 is 0 Å². The Kier molecular flexibility index (Phi) is 5.32. The second-order valence-electron chi connectivity index (χ2n) is 2.38. The Bertz CT molecular complexity index is 252. The Labute approximate surface area is 77.1 Å². The van der Waals surface area contributed by atoms with Crippen LogP contribution in [0.4, 0.5) is 4.79 Å². The second kappa shape index (κ2) is 6.03. The molecule has 0 aromatic carbocycles. The summed E-state index contributed by atoms with van der Waals surface area (Å²) in [6.45, 7) is 3.73. The molecule has 0 aliphatic heterocycles. The van der Waals surface area contributed by atoms with E-state index in [1.807, 2.05) is 5.32 Å². The van der Waals surface area contributed by atoms with E-state index in [0.29, 0.717) is 6.54 Å². The first-order valence-electron chi connectivity index (χ1n) is 3.81. The maximum Gasteiger partial charge on any atom is 0.318 e. The topological polar surface area (TPSA) is 84.2 Å². The fourth-order valence-corrected chi connectivity index (χ4v) is 0.615. The van der Waals surface area contributed by atoms with Gasteiger partial charge in [0.2, 0.25) is 5.91 Å². The molecule has 1 atom stereocenters. The highest BCUT2D eigenvalue weighted by atomic mass is 16.2. The summed E-state index contributed by atoms with van der Waals surface area (Å²) in [6, 6.07) is -1.33. The minimum Gasteiger partial charge on any atom is -0.351 e. The number of nitrogens with two attached hydrogens (primary N) is 1. The van der Waals surface area contributed by atoms with E-state index in [1.165, 1.54) is 0 Å². The van der Waals surface area contributed by atoms with Crippen molar-refractivity contribution in [1.82, 2.24) is 10.6 Å². The zero-order valence-electron chi connectivity index (χ0n) is 7.68. The molecule has 0 rings (SSSR count). The van der Waals surface area contributed by atoms with Gasteiger partial charge in [0, 0.05) is 0 Å². The Morgan fingerprint density at radius 3 is 2.62 bits per heavy atom. The lowest BCUT2D eigenvalue weighted by Gasteiger charge is -2.09. The molecule has 13 heavy (non-hydrogen) atoms. The van der Waals surface area contributed by atoms with Crippen molar-refractivity contribution in [2.45, 2.75) is 19.9 Å². The molecule has 0 aliphatic rings. The summed E-state index contributed by atoms with van der Waals surface area (Å²) in [4.78, 5) is 21.3. The van der Waals surface area contributed by atoms with Crippen molar-refractivity contribution in [1.29, 1.82) is 0 Å². The smallest absolute Gasteiger partial charge is 0.318 e. The predicted molar refractivity (Wildman–Crippen MR) is 48.6 cm³/mol. The van der Waals surface area contributed by atoms with Crippen LogP contribution < -0.4 is 16.4 Å². The number of hydrogen-bond acceptors (Lipinski definition) is 3. The Morgan fingerprint density at radius 1 is 1.54 bits per heavy atom. The van der Waals surface area contributed by atoms with Gasteiger partial charge in [-0.15, -0.1) is 5.92 Å². The summed E-state index contributed by atoms with van der Waals surface area (Å²) in [5.74, 6) is 4.94. The number of urea groups is 1. The Balaban J connectivity index is 3.80. The quantitative estimate of drug-likeness (QED) is 0.500. The van der Waals surface area contributed by atoms with Crippen molar-refractivity contribution in [2.75, 3.05) is 6.54 Å². The number of carbonyl (C=O) groups excluding carboxylic acids is 2. The van der Waals surface area contributed by atoms with Crippen molar-refractivity contribution >= 4 is 11.9 Å². The van der Waals surface area contributed by atoms with Crippen LogP contribution in [0.15, 0.2) is 0 Å². The molecule has 0 heterocycles. The molecule has 4 N–H and O–H groups in total. The SMILES string of the molecule is CC#CCNC(C)C(=O)NC(N)=O. The Morgan fingerprint density at radius 2 is 2.15 bits per heavy atom. The lowest BCUT2D eigenvalue weighted by Crippen LogP contribution is -2.46. The molecule has 0 fully saturated rings. The van der Waals surface area contributed by atoms with E-state index in [0.717, 1.165) is 0 Å². The van der Waals surface area contributed by atoms with Crippen LogP contribution in [-0.2, 0) is 4.79 Å². The number of hydrogen-bond donors (Lipinski definition) is 3. The first-order chi connectivity index (χ1) is 6.07. The number of rotatable bonds is 3. The van der Waals surface area contributed by atoms with Gasteiger partial charge in [-0.05, 0) is 13.8 Å². The van der Waals surface area contributed by atoms with Gasteiger partial charge in [-0.1, -0.05) is 5.92 Å². The lowest BCUT2D eigenvalue weighted by molar-refractivity contribution is -0.121. The number of nitrogens with one attached hydrogen (secondary N) is 2. The van der Waals surface area contributed by atoms with E-state index in [1.54, 1.807) is 13.8 Å². The van der Waals surface area contributed by atoms with E-state index in [-0.39, 0.29) is 0 Å². The predicted octanol–water partition coefficient (Wildman–Crippen LogP) is -0.817. The van der Waals surface area contributed by atoms with Crippen LogP contribution in [0.2, 0.25) is 0 Å². The molecule has 5 heteroatoms. The standard InChI is InChI=1S/C8H13N3O2/c1-3-4-5-10-6(2)7(12)11-8(9)13/h6,10H,5H2,1-2H3,(H3,9,11,12,13). The Hall–Kier alpha value is -1.54. The summed E-state index contributed by atoms with van der Waals surface area (Å²) in [5.41, 5.74) is 4.76. The summed E-state index contributed by atoms with van der Waals surface area (Å²) in [5, 5.41) is 4.75. The zero-order chi connectivity index (χ0) is 10.3. The molecule has 0 aromatic heterocycles. The third-order valence-electron chi connectivity index (χ3n) is 1.31. The van der Waals surface area contributed by atoms with E-state index < -0.39 is 18.0 Å². The molecule has 0 radical (unpaired) electrons. The normalized spacial score (nSPS) is 10.9. The molecule has 0 aliphatic carbocycles. The van der Waals surface area contributed by atoms with Crippen LogP contribution in [0, 0.1) is 11.8 Å². The lowest BCUT2D eigenvalue weighted by atomic mass is 10.3. The number of carbonyl (C=O) groups is 2. The van der Waals surface area contributed by atoms with Crippen molar-refractivity contribution in [3.8, 4) is 11.8 Å². The van der Waals surface area contributed by atoms with Crippen molar-refractivity contribution in [3.63, 3.8) is 0 Å². The average molecular weight is 183 g/mol. The number of imide groups is 1. The number of amides is 3. The highest BCUT2D eigenvalue weighted by Crippen LogP contribution is 1.79. The van der Waals surface area contributed by atoms with Gasteiger partial charge in [-0.3, -0.25) is 15.4 Å². The highest BCUT2D eigenvalue weighted by Gasteiger charge is 2.12. The van der Waals surface area contributed by atoms with Crippen LogP contribution in [0.25, 0.3) is 0 Å². The molecule has 0 saturated carbocycles. The van der Waals surface area contributed by atoms with Gasteiger partial charge in [0.15, 0.2) is 0 Å². The van der Waals surface area contributed by atoms with E-state index in [4.69, 9.17) is 5.73 Å². The van der Waals surface area contributed by atoms with E-state index in [9.17, 15) is 9.59 Å². The van der Waals surface area contributed by atoms with Crippen molar-refractivity contribution < 1.29 is 9.59 Å². The average Bonchev–Trinajstić information content (AvgIpc) is 2.03. The molecule has 1 unspecified atom stereocenters. The second-order valence-corrected chi connectivity index (χ2v) is 2.38. The molecule has 0 aromatic rings. The van der Waals surface area contributed by atoms with Gasteiger partial charge in [0.05, 0.1) is 12.6 Å². The van der Waals surface area contributed by atoms with Gasteiger partial charge in [0.1, 0.15) is 0 Å². The van der Waals surface area contributed by atoms with Gasteiger partial charge < -0.3 is 5.73 Å². The van der Waals surface area contributed by atoms with Crippen LogP contribution in [0.5, 0.6) is 0 Å². The van der Waals surface area contributed by atoms with E-state index in [2.05, 4.69) is 17.2 Å². The first-order valence-corrected chi connectivity index (χ1v) is 3.81. The van der Waals surface area contributed by atoms with Crippen LogP contribution >= 0.6 is 0 Å². The maximum absolute atomic E-state index is 11.0. The summed E-state index contributed by atoms with van der Waals surface area (Å²) in [6.07, 6.45) is 0. The van der Waals surface area contributed by atoms with Crippen molar-refractivity contribution in [2.24, 2.45) is 5.73 Å². The molecule has 3 amide bonds. The fraction of sp³-hybridized carbons (Fsp3) is 0.500. The fourth-order valence-electron chi connectivity index (χ4n) is 0.615. The molecular formula is C8H13N3O2. The highest BCUT2D eigenvalue weighted by molar-refractivity contribution is 5.96. The van der Waals surface area contributed by atoms with Crippen LogP contribution in [-0.4, -0.2) is 24.5 Å². The molecule has 0 saturated heterocycles. The van der Waals surface area contributed by atoms with Crippen LogP contribution in [0.3, 0.4) is 0 Å². The van der Waals surface area contributed by atoms with Gasteiger partial charge in [0.25, 0.3) is 0 Å². The molecular weight excluding hydrogens is 170 g/mol. The largest absolute Gasteiger partial charge is 0.351 e. The minimum atomic E-state index is -0.847. The molecule has 0 bridgehead atoms. The minimum absolute atomic E-state index is 0.407. The van der Waals surface area contributed by atoms with Gasteiger partial charge in [-0.2, -0.15) is 0 Å². The monoisotopic (exact) mass is 183 g/mol. The third-order valence-corrected chi connectivity index (χ3v) is 1.31. The van der Waals surface area contributed by atoms with Crippen molar-refractivity contribution in [3.05, 3.63) is 0 Å².